The second-order valence-electron chi connectivity index (χ2n) is 5.00. The lowest BCUT2D eigenvalue weighted by Gasteiger charge is -2.20. The Hall–Kier alpha value is -2.01. The first-order valence-electron chi connectivity index (χ1n) is 6.32. The Balaban J connectivity index is 2.50. The average Bonchev–Trinajstić information content (AvgIpc) is 2.39. The summed E-state index contributed by atoms with van der Waals surface area (Å²) in [7, 11) is 0. The molecule has 0 bridgehead atoms. The first-order chi connectivity index (χ1) is 8.63. The minimum atomic E-state index is 0.404. The third-order valence-electron chi connectivity index (χ3n) is 3.43. The van der Waals surface area contributed by atoms with Crippen LogP contribution in [0.3, 0.4) is 0 Å². The Kier molecular flexibility index (Phi) is 3.53. The summed E-state index contributed by atoms with van der Waals surface area (Å²) in [6.07, 6.45) is 0. The van der Waals surface area contributed by atoms with Crippen LogP contribution in [-0.2, 0) is 0 Å². The van der Waals surface area contributed by atoms with Crippen LogP contribution in [0.2, 0.25) is 0 Å². The molecule has 18 heavy (non-hydrogen) atoms. The van der Waals surface area contributed by atoms with Crippen molar-refractivity contribution in [1.29, 1.82) is 5.26 Å². The van der Waals surface area contributed by atoms with E-state index in [1.807, 2.05) is 30.3 Å². The van der Waals surface area contributed by atoms with E-state index in [1.165, 1.54) is 0 Å². The molecule has 0 radical (unpaired) electrons. The molecule has 0 heterocycles. The highest BCUT2D eigenvalue weighted by Crippen LogP contribution is 2.27. The summed E-state index contributed by atoms with van der Waals surface area (Å²) in [4.78, 5) is 0. The molecule has 0 aliphatic rings. The largest absolute Gasteiger partial charge is 0.382 e. The quantitative estimate of drug-likeness (QED) is 0.871. The van der Waals surface area contributed by atoms with E-state index in [-0.39, 0.29) is 0 Å². The molecule has 0 spiro atoms. The van der Waals surface area contributed by atoms with Gasteiger partial charge in [0.25, 0.3) is 0 Å². The van der Waals surface area contributed by atoms with Crippen molar-refractivity contribution in [2.75, 3.05) is 5.32 Å². The smallest absolute Gasteiger partial charge is 0.0998 e. The number of rotatable bonds is 3. The van der Waals surface area contributed by atoms with Crippen molar-refractivity contribution in [1.82, 2.24) is 0 Å². The SMILES string of the molecule is CC(C)C(C)Nc1ccc(C#N)c2ccccc12. The molecule has 0 aliphatic heterocycles. The summed E-state index contributed by atoms with van der Waals surface area (Å²) < 4.78 is 0. The average molecular weight is 238 g/mol. The lowest BCUT2D eigenvalue weighted by Crippen LogP contribution is -2.21. The number of fused-ring (bicyclic) bond motifs is 1. The van der Waals surface area contributed by atoms with Crippen LogP contribution in [0.25, 0.3) is 10.8 Å². The minimum absolute atomic E-state index is 0.404. The van der Waals surface area contributed by atoms with E-state index in [9.17, 15) is 0 Å². The number of nitrogens with zero attached hydrogens (tertiary/aromatic N) is 1. The second kappa shape index (κ2) is 5.10. The van der Waals surface area contributed by atoms with Gasteiger partial charge in [-0.1, -0.05) is 38.1 Å². The number of nitriles is 1. The molecule has 0 aliphatic carbocycles. The molecular formula is C16H18N2. The fourth-order valence-corrected chi connectivity index (χ4v) is 1.93. The number of anilines is 1. The second-order valence-corrected chi connectivity index (χ2v) is 5.00. The van der Waals surface area contributed by atoms with Crippen LogP contribution in [-0.4, -0.2) is 6.04 Å². The Bertz CT molecular complexity index is 594. The zero-order valence-electron chi connectivity index (χ0n) is 11.1. The third kappa shape index (κ3) is 2.31. The van der Waals surface area contributed by atoms with Gasteiger partial charge in [-0.3, -0.25) is 0 Å². The van der Waals surface area contributed by atoms with Gasteiger partial charge in [0.05, 0.1) is 11.6 Å². The van der Waals surface area contributed by atoms with Crippen LogP contribution in [0.1, 0.15) is 26.3 Å². The summed E-state index contributed by atoms with van der Waals surface area (Å²) in [5, 5.41) is 14.8. The molecule has 0 saturated heterocycles. The molecule has 2 rings (SSSR count). The van der Waals surface area contributed by atoms with Gasteiger partial charge in [-0.25, -0.2) is 0 Å². The summed E-state index contributed by atoms with van der Waals surface area (Å²) in [5.41, 5.74) is 1.83. The fraction of sp³-hybridized carbons (Fsp3) is 0.312. The zero-order valence-corrected chi connectivity index (χ0v) is 11.1. The van der Waals surface area contributed by atoms with Crippen molar-refractivity contribution in [3.05, 3.63) is 42.0 Å². The van der Waals surface area contributed by atoms with Gasteiger partial charge >= 0.3 is 0 Å². The maximum Gasteiger partial charge on any atom is 0.0998 e. The molecule has 2 aromatic rings. The van der Waals surface area contributed by atoms with Gasteiger partial charge in [-0.15, -0.1) is 0 Å². The molecule has 0 aromatic heterocycles. The predicted molar refractivity (Wildman–Crippen MR) is 76.6 cm³/mol. The van der Waals surface area contributed by atoms with Gasteiger partial charge in [0.15, 0.2) is 0 Å². The maximum atomic E-state index is 9.13. The van der Waals surface area contributed by atoms with Crippen LogP contribution in [0.15, 0.2) is 36.4 Å². The van der Waals surface area contributed by atoms with E-state index in [1.54, 1.807) is 0 Å². The van der Waals surface area contributed by atoms with E-state index >= 15 is 0 Å². The Morgan fingerprint density at radius 1 is 1.00 bits per heavy atom. The van der Waals surface area contributed by atoms with Crippen LogP contribution in [0.4, 0.5) is 5.69 Å². The first-order valence-corrected chi connectivity index (χ1v) is 6.32. The van der Waals surface area contributed by atoms with Gasteiger partial charge in [0.1, 0.15) is 0 Å². The molecule has 0 saturated carbocycles. The molecule has 1 N–H and O–H groups in total. The van der Waals surface area contributed by atoms with Crippen molar-refractivity contribution in [3.8, 4) is 6.07 Å². The minimum Gasteiger partial charge on any atom is -0.382 e. The van der Waals surface area contributed by atoms with E-state index in [2.05, 4.69) is 38.2 Å². The zero-order chi connectivity index (χ0) is 13.1. The summed E-state index contributed by atoms with van der Waals surface area (Å²) >= 11 is 0. The molecule has 2 heteroatoms. The lowest BCUT2D eigenvalue weighted by atomic mass is 10.0. The van der Waals surface area contributed by atoms with Gasteiger partial charge < -0.3 is 5.32 Å². The summed E-state index contributed by atoms with van der Waals surface area (Å²) in [6, 6.07) is 14.6. The summed E-state index contributed by atoms with van der Waals surface area (Å²) in [6.45, 7) is 6.57. The third-order valence-corrected chi connectivity index (χ3v) is 3.43. The normalized spacial score (nSPS) is 12.4. The highest BCUT2D eigenvalue weighted by atomic mass is 14.9. The predicted octanol–water partition coefficient (Wildman–Crippen LogP) is 4.17. The van der Waals surface area contributed by atoms with Crippen molar-refractivity contribution >= 4 is 16.5 Å². The summed E-state index contributed by atoms with van der Waals surface area (Å²) in [5.74, 6) is 0.569. The molecule has 2 aromatic carbocycles. The van der Waals surface area contributed by atoms with E-state index in [0.29, 0.717) is 12.0 Å². The van der Waals surface area contributed by atoms with Gasteiger partial charge in [0.2, 0.25) is 0 Å². The topological polar surface area (TPSA) is 35.8 Å². The molecule has 1 unspecified atom stereocenters. The van der Waals surface area contributed by atoms with Crippen LogP contribution in [0.5, 0.6) is 0 Å². The Labute approximate surface area is 108 Å². The highest BCUT2D eigenvalue weighted by Gasteiger charge is 2.10. The molecule has 1 atom stereocenters. The van der Waals surface area contributed by atoms with Crippen molar-refractivity contribution in [3.63, 3.8) is 0 Å². The van der Waals surface area contributed by atoms with Crippen molar-refractivity contribution < 1.29 is 0 Å². The monoisotopic (exact) mass is 238 g/mol. The van der Waals surface area contributed by atoms with E-state index in [4.69, 9.17) is 5.26 Å². The lowest BCUT2D eigenvalue weighted by molar-refractivity contribution is 0.560. The standard InChI is InChI=1S/C16H18N2/c1-11(2)12(3)18-16-9-8-13(10-17)14-6-4-5-7-15(14)16/h4-9,11-12,18H,1-3H3. The molecule has 0 amide bonds. The molecule has 92 valence electrons. The van der Waals surface area contributed by atoms with Gasteiger partial charge in [-0.05, 0) is 25.0 Å². The molecule has 2 nitrogen and oxygen atoms in total. The Morgan fingerprint density at radius 3 is 2.28 bits per heavy atom. The van der Waals surface area contributed by atoms with Gasteiger partial charge in [-0.2, -0.15) is 5.26 Å². The van der Waals surface area contributed by atoms with Crippen molar-refractivity contribution in [2.24, 2.45) is 5.92 Å². The molecule has 0 fully saturated rings. The number of nitrogens with one attached hydrogen (secondary N) is 1. The number of hydrogen-bond acceptors (Lipinski definition) is 2. The Morgan fingerprint density at radius 2 is 1.67 bits per heavy atom. The van der Waals surface area contributed by atoms with E-state index in [0.717, 1.165) is 22.0 Å². The molecular weight excluding hydrogens is 220 g/mol. The maximum absolute atomic E-state index is 9.13. The highest BCUT2D eigenvalue weighted by molar-refractivity contribution is 5.97. The van der Waals surface area contributed by atoms with Gasteiger partial charge in [0, 0.05) is 22.5 Å². The van der Waals surface area contributed by atoms with Crippen LogP contribution >= 0.6 is 0 Å². The first kappa shape index (κ1) is 12.4. The fourth-order valence-electron chi connectivity index (χ4n) is 1.93. The van der Waals surface area contributed by atoms with Crippen LogP contribution < -0.4 is 5.32 Å². The number of hydrogen-bond donors (Lipinski definition) is 1. The van der Waals surface area contributed by atoms with Crippen LogP contribution in [0, 0.1) is 17.2 Å². The van der Waals surface area contributed by atoms with Crippen molar-refractivity contribution in [2.45, 2.75) is 26.8 Å². The number of benzene rings is 2. The van der Waals surface area contributed by atoms with E-state index < -0.39 is 0 Å².